The fourth-order valence-corrected chi connectivity index (χ4v) is 3.77. The molecule has 0 spiro atoms. The summed E-state index contributed by atoms with van der Waals surface area (Å²) in [5.74, 6) is -0.273. The van der Waals surface area contributed by atoms with E-state index in [4.69, 9.17) is 0 Å². The van der Waals surface area contributed by atoms with Crippen LogP contribution in [-0.4, -0.2) is 45.2 Å². The van der Waals surface area contributed by atoms with Gasteiger partial charge in [-0.3, -0.25) is 9.59 Å². The number of nitrogens with zero attached hydrogens (tertiary/aromatic N) is 2. The predicted octanol–water partition coefficient (Wildman–Crippen LogP) is 2.32. The third kappa shape index (κ3) is 4.01. The summed E-state index contributed by atoms with van der Waals surface area (Å²) in [4.78, 5) is 26.2. The van der Waals surface area contributed by atoms with Crippen molar-refractivity contribution in [1.82, 2.24) is 4.31 Å². The van der Waals surface area contributed by atoms with E-state index in [0.717, 1.165) is 16.4 Å². The first-order valence-corrected chi connectivity index (χ1v) is 9.97. The zero-order valence-electron chi connectivity index (χ0n) is 15.2. The van der Waals surface area contributed by atoms with Crippen molar-refractivity contribution in [2.24, 2.45) is 0 Å². The van der Waals surface area contributed by atoms with E-state index in [2.05, 4.69) is 5.32 Å². The van der Waals surface area contributed by atoms with Gasteiger partial charge in [0.25, 0.3) is 5.91 Å². The van der Waals surface area contributed by atoms with Crippen LogP contribution in [0.5, 0.6) is 0 Å². The second-order valence-electron chi connectivity index (χ2n) is 6.47. The molecule has 3 rings (SSSR count). The number of sulfonamides is 1. The maximum Gasteiger partial charge on any atom is 0.255 e. The second-order valence-corrected chi connectivity index (χ2v) is 8.62. The van der Waals surface area contributed by atoms with E-state index in [0.29, 0.717) is 24.2 Å². The number of nitrogens with one attached hydrogen (secondary N) is 1. The van der Waals surface area contributed by atoms with Crippen LogP contribution >= 0.6 is 0 Å². The van der Waals surface area contributed by atoms with E-state index in [1.807, 2.05) is 6.07 Å². The minimum absolute atomic E-state index is 0.0798. The highest BCUT2D eigenvalue weighted by atomic mass is 32.2. The molecule has 0 atom stereocenters. The molecule has 1 aliphatic rings. The zero-order chi connectivity index (χ0) is 19.6. The molecule has 7 nitrogen and oxygen atoms in total. The molecule has 8 heteroatoms. The molecule has 2 aromatic rings. The van der Waals surface area contributed by atoms with Gasteiger partial charge in [0.1, 0.15) is 0 Å². The Hall–Kier alpha value is -2.71. The first-order valence-electron chi connectivity index (χ1n) is 8.53. The van der Waals surface area contributed by atoms with Gasteiger partial charge in [-0.15, -0.1) is 0 Å². The molecular formula is C19H21N3O4S. The first kappa shape index (κ1) is 19.1. The topological polar surface area (TPSA) is 86.8 Å². The van der Waals surface area contributed by atoms with E-state index in [-0.39, 0.29) is 16.7 Å². The highest BCUT2D eigenvalue weighted by Crippen LogP contribution is 2.24. The monoisotopic (exact) mass is 387 g/mol. The summed E-state index contributed by atoms with van der Waals surface area (Å²) < 4.78 is 25.3. The van der Waals surface area contributed by atoms with Crippen molar-refractivity contribution in [3.63, 3.8) is 0 Å². The predicted molar refractivity (Wildman–Crippen MR) is 103 cm³/mol. The zero-order valence-corrected chi connectivity index (χ0v) is 16.0. The average molecular weight is 387 g/mol. The Morgan fingerprint density at radius 2 is 1.81 bits per heavy atom. The molecular weight excluding hydrogens is 366 g/mol. The average Bonchev–Trinajstić information content (AvgIpc) is 3.08. The van der Waals surface area contributed by atoms with Gasteiger partial charge in [0.15, 0.2) is 0 Å². The van der Waals surface area contributed by atoms with Gasteiger partial charge in [0.05, 0.1) is 4.90 Å². The van der Waals surface area contributed by atoms with E-state index in [1.165, 1.54) is 38.4 Å². The van der Waals surface area contributed by atoms with Crippen LogP contribution in [0.1, 0.15) is 23.2 Å². The van der Waals surface area contributed by atoms with Gasteiger partial charge in [0, 0.05) is 44.0 Å². The van der Waals surface area contributed by atoms with E-state index < -0.39 is 10.0 Å². The number of hydrogen-bond acceptors (Lipinski definition) is 4. The van der Waals surface area contributed by atoms with Gasteiger partial charge in [0.2, 0.25) is 15.9 Å². The van der Waals surface area contributed by atoms with Crippen molar-refractivity contribution in [1.29, 1.82) is 0 Å². The molecule has 0 saturated carbocycles. The normalized spacial score (nSPS) is 14.6. The van der Waals surface area contributed by atoms with Gasteiger partial charge in [-0.05, 0) is 48.9 Å². The summed E-state index contributed by atoms with van der Waals surface area (Å²) in [6.45, 7) is 0.679. The molecule has 1 aliphatic heterocycles. The van der Waals surface area contributed by atoms with Crippen LogP contribution in [0.15, 0.2) is 53.4 Å². The Bertz CT molecular complexity index is 969. The summed E-state index contributed by atoms with van der Waals surface area (Å²) in [6.07, 6.45) is 1.37. The van der Waals surface area contributed by atoms with Crippen molar-refractivity contribution in [3.8, 4) is 0 Å². The summed E-state index contributed by atoms with van der Waals surface area (Å²) in [5.41, 5.74) is 1.67. The van der Waals surface area contributed by atoms with Crippen LogP contribution in [0, 0.1) is 0 Å². The molecule has 27 heavy (non-hydrogen) atoms. The van der Waals surface area contributed by atoms with Crippen LogP contribution in [0.25, 0.3) is 0 Å². The fraction of sp³-hybridized carbons (Fsp3) is 0.263. The quantitative estimate of drug-likeness (QED) is 0.853. The maximum atomic E-state index is 12.5. The number of carbonyl (C=O) groups excluding carboxylic acids is 2. The number of carbonyl (C=O) groups is 2. The van der Waals surface area contributed by atoms with Crippen molar-refractivity contribution in [2.75, 3.05) is 30.9 Å². The third-order valence-electron chi connectivity index (χ3n) is 4.38. The summed E-state index contributed by atoms with van der Waals surface area (Å²) in [6, 6.07) is 12.9. The van der Waals surface area contributed by atoms with Crippen LogP contribution in [0.2, 0.25) is 0 Å². The Morgan fingerprint density at radius 3 is 2.41 bits per heavy atom. The van der Waals surface area contributed by atoms with Gasteiger partial charge in [-0.1, -0.05) is 6.07 Å². The molecule has 0 aliphatic carbocycles. The molecule has 2 amide bonds. The van der Waals surface area contributed by atoms with Crippen molar-refractivity contribution in [2.45, 2.75) is 17.7 Å². The Balaban J connectivity index is 1.75. The van der Waals surface area contributed by atoms with Gasteiger partial charge in [-0.25, -0.2) is 12.7 Å². The summed E-state index contributed by atoms with van der Waals surface area (Å²) in [7, 11) is -0.630. The molecule has 0 bridgehead atoms. The minimum atomic E-state index is -3.53. The minimum Gasteiger partial charge on any atom is -0.322 e. The molecule has 0 radical (unpaired) electrons. The lowest BCUT2D eigenvalue weighted by molar-refractivity contribution is -0.117. The lowest BCUT2D eigenvalue weighted by Gasteiger charge is -2.17. The molecule has 142 valence electrons. The summed E-state index contributed by atoms with van der Waals surface area (Å²) in [5, 5.41) is 2.78. The molecule has 0 unspecified atom stereocenters. The smallest absolute Gasteiger partial charge is 0.255 e. The van der Waals surface area contributed by atoms with Gasteiger partial charge >= 0.3 is 0 Å². The number of hydrogen-bond donors (Lipinski definition) is 1. The highest BCUT2D eigenvalue weighted by Gasteiger charge is 2.22. The Kier molecular flexibility index (Phi) is 5.29. The molecule has 1 heterocycles. The lowest BCUT2D eigenvalue weighted by atomic mass is 10.2. The van der Waals surface area contributed by atoms with Crippen LogP contribution in [-0.2, 0) is 14.8 Å². The maximum absolute atomic E-state index is 12.5. The first-order chi connectivity index (χ1) is 12.8. The van der Waals surface area contributed by atoms with Gasteiger partial charge in [-0.2, -0.15) is 0 Å². The molecule has 1 N–H and O–H groups in total. The van der Waals surface area contributed by atoms with Crippen molar-refractivity contribution in [3.05, 3.63) is 54.1 Å². The van der Waals surface area contributed by atoms with E-state index >= 15 is 0 Å². The Labute approximate surface area is 158 Å². The molecule has 1 fully saturated rings. The highest BCUT2D eigenvalue weighted by molar-refractivity contribution is 7.89. The Morgan fingerprint density at radius 1 is 1.11 bits per heavy atom. The van der Waals surface area contributed by atoms with Crippen LogP contribution in [0.4, 0.5) is 11.4 Å². The molecule has 1 saturated heterocycles. The fourth-order valence-electron chi connectivity index (χ4n) is 2.87. The van der Waals surface area contributed by atoms with E-state index in [1.54, 1.807) is 23.1 Å². The standard InChI is InChI=1S/C19H21N3O4S/c1-21(2)27(25,26)17-10-8-14(9-11-17)19(24)20-15-5-3-6-16(13-15)22-12-4-7-18(22)23/h3,5-6,8-11,13H,4,7,12H2,1-2H3,(H,20,24). The number of rotatable bonds is 5. The van der Waals surface area contributed by atoms with Crippen LogP contribution < -0.4 is 10.2 Å². The van der Waals surface area contributed by atoms with Crippen LogP contribution in [0.3, 0.4) is 0 Å². The summed E-state index contributed by atoms with van der Waals surface area (Å²) >= 11 is 0. The SMILES string of the molecule is CN(C)S(=O)(=O)c1ccc(C(=O)Nc2cccc(N3CCCC3=O)c2)cc1. The number of benzene rings is 2. The third-order valence-corrected chi connectivity index (χ3v) is 6.21. The van der Waals surface area contributed by atoms with Gasteiger partial charge < -0.3 is 10.2 Å². The molecule has 2 aromatic carbocycles. The second kappa shape index (κ2) is 7.50. The lowest BCUT2D eigenvalue weighted by Crippen LogP contribution is -2.23. The number of amides is 2. The number of anilines is 2. The van der Waals surface area contributed by atoms with Crippen molar-refractivity contribution >= 4 is 33.2 Å². The van der Waals surface area contributed by atoms with E-state index in [9.17, 15) is 18.0 Å². The largest absolute Gasteiger partial charge is 0.322 e. The molecule has 0 aromatic heterocycles. The van der Waals surface area contributed by atoms with Crippen molar-refractivity contribution < 1.29 is 18.0 Å².